The van der Waals surface area contributed by atoms with Crippen molar-refractivity contribution in [2.75, 3.05) is 18.5 Å². The van der Waals surface area contributed by atoms with Gasteiger partial charge >= 0.3 is 0 Å². The maximum absolute atomic E-state index is 11.8. The van der Waals surface area contributed by atoms with Crippen molar-refractivity contribution in [3.8, 4) is 5.75 Å². The average molecular weight is 363 g/mol. The molecule has 22 heavy (non-hydrogen) atoms. The molecule has 114 valence electrons. The van der Waals surface area contributed by atoms with E-state index in [-0.39, 0.29) is 25.0 Å². The average Bonchev–Trinajstić information content (AvgIpc) is 2.54. The molecule has 0 saturated carbocycles. The first-order chi connectivity index (χ1) is 10.6. The highest BCUT2D eigenvalue weighted by Crippen LogP contribution is 2.20. The Balaban J connectivity index is 1.72. The Labute approximate surface area is 136 Å². The van der Waals surface area contributed by atoms with E-state index in [1.165, 1.54) is 0 Å². The fourth-order valence-electron chi connectivity index (χ4n) is 1.65. The molecule has 0 fully saturated rings. The summed E-state index contributed by atoms with van der Waals surface area (Å²) in [5.41, 5.74) is 0.655. The Bertz CT molecular complexity index is 647. The first-order valence-electron chi connectivity index (χ1n) is 6.64. The molecule has 2 rings (SSSR count). The summed E-state index contributed by atoms with van der Waals surface area (Å²) in [6, 6.07) is 16.3. The van der Waals surface area contributed by atoms with E-state index in [0.717, 1.165) is 4.47 Å². The summed E-state index contributed by atoms with van der Waals surface area (Å²) in [4.78, 5) is 23.4. The third-order valence-corrected chi connectivity index (χ3v) is 3.40. The van der Waals surface area contributed by atoms with Gasteiger partial charge in [-0.15, -0.1) is 0 Å². The first kappa shape index (κ1) is 16.0. The number of carbonyl (C=O) groups is 2. The topological polar surface area (TPSA) is 67.4 Å². The zero-order valence-corrected chi connectivity index (χ0v) is 13.3. The second kappa shape index (κ2) is 8.19. The van der Waals surface area contributed by atoms with Gasteiger partial charge in [-0.1, -0.05) is 30.3 Å². The Kier molecular flexibility index (Phi) is 5.97. The molecular weight excluding hydrogens is 348 g/mol. The maximum atomic E-state index is 11.8. The zero-order valence-electron chi connectivity index (χ0n) is 11.7. The second-order valence-corrected chi connectivity index (χ2v) is 5.26. The van der Waals surface area contributed by atoms with Gasteiger partial charge < -0.3 is 15.4 Å². The monoisotopic (exact) mass is 362 g/mol. The number of anilines is 1. The third-order valence-electron chi connectivity index (χ3n) is 2.71. The fourth-order valence-corrected chi connectivity index (χ4v) is 2.04. The van der Waals surface area contributed by atoms with Crippen LogP contribution in [-0.4, -0.2) is 25.0 Å². The van der Waals surface area contributed by atoms with Crippen molar-refractivity contribution in [2.24, 2.45) is 0 Å². The standard InChI is InChI=1S/C16H15BrN2O3/c17-13-8-4-5-9-14(13)19-15(20)10-18-16(21)11-22-12-6-2-1-3-7-12/h1-9H,10-11H2,(H,18,21)(H,19,20). The van der Waals surface area contributed by atoms with Crippen molar-refractivity contribution in [3.63, 3.8) is 0 Å². The quantitative estimate of drug-likeness (QED) is 0.829. The molecule has 2 N–H and O–H groups in total. The van der Waals surface area contributed by atoms with E-state index in [1.54, 1.807) is 18.2 Å². The van der Waals surface area contributed by atoms with Crippen LogP contribution in [0.15, 0.2) is 59.1 Å². The van der Waals surface area contributed by atoms with Gasteiger partial charge in [-0.05, 0) is 40.2 Å². The van der Waals surface area contributed by atoms with Gasteiger partial charge in [-0.3, -0.25) is 9.59 Å². The van der Waals surface area contributed by atoms with Crippen molar-refractivity contribution < 1.29 is 14.3 Å². The van der Waals surface area contributed by atoms with Gasteiger partial charge in [0.25, 0.3) is 5.91 Å². The van der Waals surface area contributed by atoms with Crippen LogP contribution in [0.4, 0.5) is 5.69 Å². The smallest absolute Gasteiger partial charge is 0.258 e. The molecule has 6 heteroatoms. The van der Waals surface area contributed by atoms with Crippen LogP contribution >= 0.6 is 15.9 Å². The maximum Gasteiger partial charge on any atom is 0.258 e. The SMILES string of the molecule is O=C(COc1ccccc1)NCC(=O)Nc1ccccc1Br. The minimum atomic E-state index is -0.355. The van der Waals surface area contributed by atoms with Gasteiger partial charge in [-0.2, -0.15) is 0 Å². The molecule has 0 heterocycles. The van der Waals surface area contributed by atoms with Gasteiger partial charge in [0, 0.05) is 4.47 Å². The number of rotatable bonds is 6. The van der Waals surface area contributed by atoms with Crippen LogP contribution in [-0.2, 0) is 9.59 Å². The highest BCUT2D eigenvalue weighted by atomic mass is 79.9. The molecule has 0 aliphatic heterocycles. The number of benzene rings is 2. The van der Waals surface area contributed by atoms with Crippen molar-refractivity contribution in [1.29, 1.82) is 0 Å². The van der Waals surface area contributed by atoms with Gasteiger partial charge in [0.15, 0.2) is 6.61 Å². The lowest BCUT2D eigenvalue weighted by atomic mass is 10.3. The molecule has 0 unspecified atom stereocenters. The number of hydrogen-bond donors (Lipinski definition) is 2. The van der Waals surface area contributed by atoms with E-state index in [0.29, 0.717) is 11.4 Å². The lowest BCUT2D eigenvalue weighted by molar-refractivity contribution is -0.125. The van der Waals surface area contributed by atoms with Crippen molar-refractivity contribution in [3.05, 3.63) is 59.1 Å². The Morgan fingerprint density at radius 2 is 1.64 bits per heavy atom. The first-order valence-corrected chi connectivity index (χ1v) is 7.43. The molecule has 5 nitrogen and oxygen atoms in total. The van der Waals surface area contributed by atoms with E-state index in [9.17, 15) is 9.59 Å². The Hall–Kier alpha value is -2.34. The second-order valence-electron chi connectivity index (χ2n) is 4.41. The van der Waals surface area contributed by atoms with Gasteiger partial charge in [-0.25, -0.2) is 0 Å². The molecule has 0 aromatic heterocycles. The molecule has 0 atom stereocenters. The summed E-state index contributed by atoms with van der Waals surface area (Å²) in [6.07, 6.45) is 0. The van der Waals surface area contributed by atoms with Crippen LogP contribution in [0.25, 0.3) is 0 Å². The molecular formula is C16H15BrN2O3. The predicted molar refractivity (Wildman–Crippen MR) is 87.7 cm³/mol. The van der Waals surface area contributed by atoms with Gasteiger partial charge in [0.2, 0.25) is 5.91 Å². The number of ether oxygens (including phenoxy) is 1. The van der Waals surface area contributed by atoms with Gasteiger partial charge in [0.1, 0.15) is 5.75 Å². The molecule has 2 aromatic rings. The molecule has 0 aliphatic carbocycles. The summed E-state index contributed by atoms with van der Waals surface area (Å²) < 4.78 is 6.07. The predicted octanol–water partition coefficient (Wildman–Crippen LogP) is 2.58. The Morgan fingerprint density at radius 1 is 0.955 bits per heavy atom. The summed E-state index contributed by atoms with van der Waals surface area (Å²) in [7, 11) is 0. The van der Waals surface area contributed by atoms with Crippen LogP contribution in [0.5, 0.6) is 5.75 Å². The summed E-state index contributed by atoms with van der Waals surface area (Å²) in [5.74, 6) is -0.0543. The third kappa shape index (κ3) is 5.21. The Morgan fingerprint density at radius 3 is 2.36 bits per heavy atom. The molecule has 2 amide bonds. The number of hydrogen-bond acceptors (Lipinski definition) is 3. The number of carbonyl (C=O) groups excluding carboxylic acids is 2. The van der Waals surface area contributed by atoms with Crippen LogP contribution < -0.4 is 15.4 Å². The summed E-state index contributed by atoms with van der Waals surface area (Å²) >= 11 is 3.33. The van der Waals surface area contributed by atoms with E-state index >= 15 is 0 Å². The fraction of sp³-hybridized carbons (Fsp3) is 0.125. The largest absolute Gasteiger partial charge is 0.484 e. The van der Waals surface area contributed by atoms with E-state index in [1.807, 2.05) is 36.4 Å². The molecule has 0 saturated heterocycles. The van der Waals surface area contributed by atoms with Crippen LogP contribution in [0.3, 0.4) is 0 Å². The van der Waals surface area contributed by atoms with Gasteiger partial charge in [0.05, 0.1) is 12.2 Å². The zero-order chi connectivity index (χ0) is 15.8. The summed E-state index contributed by atoms with van der Waals surface area (Å²) in [5, 5.41) is 5.20. The van der Waals surface area contributed by atoms with Crippen molar-refractivity contribution in [1.82, 2.24) is 5.32 Å². The number of para-hydroxylation sites is 2. The molecule has 0 bridgehead atoms. The van der Waals surface area contributed by atoms with Crippen LogP contribution in [0.2, 0.25) is 0 Å². The molecule has 0 aliphatic rings. The number of amides is 2. The highest BCUT2D eigenvalue weighted by molar-refractivity contribution is 9.10. The van der Waals surface area contributed by atoms with E-state index in [4.69, 9.17) is 4.74 Å². The molecule has 2 aromatic carbocycles. The van der Waals surface area contributed by atoms with Crippen molar-refractivity contribution >= 4 is 33.4 Å². The van der Waals surface area contributed by atoms with E-state index in [2.05, 4.69) is 26.6 Å². The lowest BCUT2D eigenvalue weighted by Crippen LogP contribution is -2.35. The molecule has 0 radical (unpaired) electrons. The molecule has 0 spiro atoms. The van der Waals surface area contributed by atoms with Crippen molar-refractivity contribution in [2.45, 2.75) is 0 Å². The van der Waals surface area contributed by atoms with E-state index < -0.39 is 0 Å². The highest BCUT2D eigenvalue weighted by Gasteiger charge is 2.08. The number of nitrogens with one attached hydrogen (secondary N) is 2. The summed E-state index contributed by atoms with van der Waals surface area (Å²) in [6.45, 7) is -0.245. The number of halogens is 1. The minimum Gasteiger partial charge on any atom is -0.484 e. The minimum absolute atomic E-state index is 0.113. The van der Waals surface area contributed by atoms with Crippen LogP contribution in [0.1, 0.15) is 0 Å². The normalized spacial score (nSPS) is 9.86. The lowest BCUT2D eigenvalue weighted by Gasteiger charge is -2.09. The van der Waals surface area contributed by atoms with Crippen LogP contribution in [0, 0.1) is 0 Å².